The Morgan fingerprint density at radius 2 is 1.88 bits per heavy atom. The van der Waals surface area contributed by atoms with E-state index in [4.69, 9.17) is 16.6 Å². The van der Waals surface area contributed by atoms with Crippen molar-refractivity contribution in [3.05, 3.63) is 53.2 Å². The molecule has 1 aromatic carbocycles. The number of hydrogen-bond donors (Lipinski definition) is 1. The maximum Gasteiger partial charge on any atom is 0.139 e. The molecular weight excluding hydrogens is 318 g/mol. The molecule has 1 aliphatic rings. The molecule has 4 rings (SSSR count). The minimum Gasteiger partial charge on any atom is -0.367 e. The molecule has 1 fully saturated rings. The van der Waals surface area contributed by atoms with Crippen LogP contribution < -0.4 is 5.32 Å². The molecule has 1 saturated carbocycles. The second-order valence-corrected chi connectivity index (χ2v) is 7.12. The van der Waals surface area contributed by atoms with Gasteiger partial charge in [0.15, 0.2) is 0 Å². The lowest BCUT2D eigenvalue weighted by atomic mass is 9.95. The highest BCUT2D eigenvalue weighted by molar-refractivity contribution is 6.30. The standard InChI is InChI=1S/C20H22ClN3/c1-14-7-5-6-10-17(14)19-20(22-16-8-3-2-4-9-16)24-13-15(21)11-12-18(24)23-19/h5-7,10-13,16,22H,2-4,8-9H2,1H3. The van der Waals surface area contributed by atoms with Crippen molar-refractivity contribution in [1.29, 1.82) is 0 Å². The van der Waals surface area contributed by atoms with Crippen molar-refractivity contribution in [3.8, 4) is 11.3 Å². The molecule has 2 heterocycles. The molecule has 0 bridgehead atoms. The maximum atomic E-state index is 6.24. The highest BCUT2D eigenvalue weighted by Gasteiger charge is 2.20. The second-order valence-electron chi connectivity index (χ2n) is 6.68. The van der Waals surface area contributed by atoms with Crippen LogP contribution in [-0.4, -0.2) is 15.4 Å². The van der Waals surface area contributed by atoms with Crippen LogP contribution in [0, 0.1) is 6.92 Å². The Labute approximate surface area is 147 Å². The summed E-state index contributed by atoms with van der Waals surface area (Å²) in [6, 6.07) is 12.8. The number of nitrogens with zero attached hydrogens (tertiary/aromatic N) is 2. The second kappa shape index (κ2) is 6.48. The summed E-state index contributed by atoms with van der Waals surface area (Å²) in [5.74, 6) is 1.06. The van der Waals surface area contributed by atoms with Gasteiger partial charge in [0.2, 0.25) is 0 Å². The number of aryl methyl sites for hydroxylation is 1. The van der Waals surface area contributed by atoms with Crippen LogP contribution in [0.25, 0.3) is 16.9 Å². The molecule has 0 radical (unpaired) electrons. The van der Waals surface area contributed by atoms with E-state index in [0.29, 0.717) is 6.04 Å². The van der Waals surface area contributed by atoms with Crippen molar-refractivity contribution in [3.63, 3.8) is 0 Å². The lowest BCUT2D eigenvalue weighted by Gasteiger charge is -2.24. The summed E-state index contributed by atoms with van der Waals surface area (Å²) in [6.07, 6.45) is 8.35. The molecule has 0 saturated heterocycles. The van der Waals surface area contributed by atoms with Crippen molar-refractivity contribution in [2.75, 3.05) is 5.32 Å². The lowest BCUT2D eigenvalue weighted by molar-refractivity contribution is 0.462. The first-order valence-electron chi connectivity index (χ1n) is 8.72. The summed E-state index contributed by atoms with van der Waals surface area (Å²) in [6.45, 7) is 2.14. The molecule has 4 heteroatoms. The van der Waals surface area contributed by atoms with Crippen LogP contribution in [-0.2, 0) is 0 Å². The highest BCUT2D eigenvalue weighted by Crippen LogP contribution is 2.33. The number of rotatable bonds is 3. The number of imidazole rings is 1. The minimum absolute atomic E-state index is 0.514. The van der Waals surface area contributed by atoms with E-state index in [1.165, 1.54) is 43.2 Å². The maximum absolute atomic E-state index is 6.24. The number of pyridine rings is 1. The van der Waals surface area contributed by atoms with Crippen LogP contribution in [0.1, 0.15) is 37.7 Å². The van der Waals surface area contributed by atoms with Gasteiger partial charge in [-0.05, 0) is 37.5 Å². The van der Waals surface area contributed by atoms with Crippen LogP contribution in [0.3, 0.4) is 0 Å². The van der Waals surface area contributed by atoms with E-state index in [1.807, 2.05) is 18.3 Å². The third-order valence-corrected chi connectivity index (χ3v) is 5.15. The summed E-state index contributed by atoms with van der Waals surface area (Å²) in [7, 11) is 0. The SMILES string of the molecule is Cc1ccccc1-c1nc2ccc(Cl)cn2c1NC1CCCCC1. The number of halogens is 1. The van der Waals surface area contributed by atoms with Crippen LogP contribution in [0.15, 0.2) is 42.6 Å². The molecular formula is C20H22ClN3. The molecule has 24 heavy (non-hydrogen) atoms. The van der Waals surface area contributed by atoms with E-state index in [-0.39, 0.29) is 0 Å². The van der Waals surface area contributed by atoms with Gasteiger partial charge in [0.25, 0.3) is 0 Å². The van der Waals surface area contributed by atoms with Crippen LogP contribution >= 0.6 is 11.6 Å². The van der Waals surface area contributed by atoms with E-state index in [0.717, 1.165) is 22.2 Å². The summed E-state index contributed by atoms with van der Waals surface area (Å²) >= 11 is 6.24. The van der Waals surface area contributed by atoms with Gasteiger partial charge in [-0.3, -0.25) is 4.40 Å². The van der Waals surface area contributed by atoms with Crippen LogP contribution in [0.2, 0.25) is 5.02 Å². The molecule has 0 spiro atoms. The fraction of sp³-hybridized carbons (Fsp3) is 0.350. The van der Waals surface area contributed by atoms with Gasteiger partial charge < -0.3 is 5.32 Å². The number of anilines is 1. The van der Waals surface area contributed by atoms with Crippen molar-refractivity contribution in [1.82, 2.24) is 9.38 Å². The first kappa shape index (κ1) is 15.5. The topological polar surface area (TPSA) is 29.3 Å². The van der Waals surface area contributed by atoms with Gasteiger partial charge in [0.05, 0.1) is 5.02 Å². The number of hydrogen-bond acceptors (Lipinski definition) is 2. The summed E-state index contributed by atoms with van der Waals surface area (Å²) < 4.78 is 2.10. The van der Waals surface area contributed by atoms with E-state index < -0.39 is 0 Å². The minimum atomic E-state index is 0.514. The third kappa shape index (κ3) is 2.89. The first-order chi connectivity index (χ1) is 11.7. The van der Waals surface area contributed by atoms with Crippen LogP contribution in [0.5, 0.6) is 0 Å². The van der Waals surface area contributed by atoms with Crippen molar-refractivity contribution in [2.45, 2.75) is 45.1 Å². The zero-order valence-electron chi connectivity index (χ0n) is 13.9. The Morgan fingerprint density at radius 3 is 2.67 bits per heavy atom. The van der Waals surface area contributed by atoms with Crippen molar-refractivity contribution in [2.24, 2.45) is 0 Å². The van der Waals surface area contributed by atoms with Gasteiger partial charge in [-0.2, -0.15) is 0 Å². The smallest absolute Gasteiger partial charge is 0.139 e. The number of aromatic nitrogens is 2. The molecule has 124 valence electrons. The zero-order chi connectivity index (χ0) is 16.5. The lowest BCUT2D eigenvalue weighted by Crippen LogP contribution is -2.23. The molecule has 3 aromatic rings. The zero-order valence-corrected chi connectivity index (χ0v) is 14.7. The predicted molar refractivity (Wildman–Crippen MR) is 101 cm³/mol. The summed E-state index contributed by atoms with van der Waals surface area (Å²) in [5.41, 5.74) is 4.35. The quantitative estimate of drug-likeness (QED) is 0.662. The molecule has 1 N–H and O–H groups in total. The van der Waals surface area contributed by atoms with Gasteiger partial charge in [0, 0.05) is 17.8 Å². The fourth-order valence-corrected chi connectivity index (χ4v) is 3.78. The van der Waals surface area contributed by atoms with Gasteiger partial charge in [-0.1, -0.05) is 55.1 Å². The van der Waals surface area contributed by atoms with Gasteiger partial charge >= 0.3 is 0 Å². The molecule has 3 nitrogen and oxygen atoms in total. The largest absolute Gasteiger partial charge is 0.367 e. The average Bonchev–Trinajstić information content (AvgIpc) is 2.94. The van der Waals surface area contributed by atoms with Gasteiger partial charge in [-0.25, -0.2) is 4.98 Å². The number of nitrogens with one attached hydrogen (secondary N) is 1. The molecule has 2 aromatic heterocycles. The Kier molecular flexibility index (Phi) is 4.19. The van der Waals surface area contributed by atoms with Gasteiger partial charge in [-0.15, -0.1) is 0 Å². The molecule has 0 amide bonds. The predicted octanol–water partition coefficient (Wildman–Crippen LogP) is 5.71. The number of benzene rings is 1. The third-order valence-electron chi connectivity index (χ3n) is 4.93. The normalized spacial score (nSPS) is 15.8. The molecule has 0 unspecified atom stereocenters. The van der Waals surface area contributed by atoms with Crippen LogP contribution in [0.4, 0.5) is 5.82 Å². The Balaban J connectivity index is 1.85. The first-order valence-corrected chi connectivity index (χ1v) is 9.10. The Morgan fingerprint density at radius 1 is 1.08 bits per heavy atom. The number of fused-ring (bicyclic) bond motifs is 1. The average molecular weight is 340 g/mol. The van der Waals surface area contributed by atoms with E-state index in [2.05, 4.69) is 40.9 Å². The highest BCUT2D eigenvalue weighted by atomic mass is 35.5. The molecule has 0 atom stereocenters. The summed E-state index contributed by atoms with van der Waals surface area (Å²) in [5, 5.41) is 4.49. The fourth-order valence-electron chi connectivity index (χ4n) is 3.62. The van der Waals surface area contributed by atoms with E-state index >= 15 is 0 Å². The molecule has 0 aliphatic heterocycles. The van der Waals surface area contributed by atoms with E-state index in [1.54, 1.807) is 0 Å². The van der Waals surface area contributed by atoms with Gasteiger partial charge in [0.1, 0.15) is 17.2 Å². The molecule has 1 aliphatic carbocycles. The van der Waals surface area contributed by atoms with E-state index in [9.17, 15) is 0 Å². The van der Waals surface area contributed by atoms with Crippen molar-refractivity contribution >= 4 is 23.1 Å². The Hall–Kier alpha value is -2.00. The summed E-state index contributed by atoms with van der Waals surface area (Å²) in [4.78, 5) is 4.89. The monoisotopic (exact) mass is 339 g/mol. The van der Waals surface area contributed by atoms with Crippen molar-refractivity contribution < 1.29 is 0 Å². The Bertz CT molecular complexity index is 862.